The highest BCUT2D eigenvalue weighted by Gasteiger charge is 2.11. The maximum absolute atomic E-state index is 11.4. The van der Waals surface area contributed by atoms with Crippen LogP contribution in [-0.2, 0) is 13.0 Å². The number of aromatic nitrogens is 3. The normalized spacial score (nSPS) is 10.7. The maximum atomic E-state index is 11.4. The second-order valence-electron chi connectivity index (χ2n) is 5.41. The van der Waals surface area contributed by atoms with Crippen molar-refractivity contribution in [2.75, 3.05) is 0 Å². The molecule has 0 spiro atoms. The van der Waals surface area contributed by atoms with Crippen molar-refractivity contribution < 1.29 is 9.90 Å². The van der Waals surface area contributed by atoms with E-state index in [0.717, 1.165) is 11.1 Å². The first-order chi connectivity index (χ1) is 11.6. The summed E-state index contributed by atoms with van der Waals surface area (Å²) in [5, 5.41) is 11.9. The molecule has 1 heterocycles. The van der Waals surface area contributed by atoms with Gasteiger partial charge in [0.15, 0.2) is 0 Å². The van der Waals surface area contributed by atoms with Gasteiger partial charge in [0.1, 0.15) is 5.82 Å². The third-order valence-corrected chi connectivity index (χ3v) is 3.87. The molecule has 0 bridgehead atoms. The van der Waals surface area contributed by atoms with Crippen LogP contribution < -0.4 is 5.69 Å². The van der Waals surface area contributed by atoms with Gasteiger partial charge in [-0.2, -0.15) is 4.98 Å². The van der Waals surface area contributed by atoms with Crippen molar-refractivity contribution in [2.24, 2.45) is 0 Å². The first kappa shape index (κ1) is 15.7. The molecule has 0 radical (unpaired) electrons. The molecule has 2 N–H and O–H groups in total. The van der Waals surface area contributed by atoms with E-state index in [2.05, 4.69) is 10.1 Å². The smallest absolute Gasteiger partial charge is 0.361 e. The van der Waals surface area contributed by atoms with Crippen molar-refractivity contribution in [1.82, 2.24) is 14.8 Å². The number of hydrogen-bond acceptors (Lipinski definition) is 3. The van der Waals surface area contributed by atoms with E-state index in [1.807, 2.05) is 37.3 Å². The first-order valence-electron chi connectivity index (χ1n) is 7.66. The fourth-order valence-electron chi connectivity index (χ4n) is 2.69. The fraction of sp³-hybridized carbons (Fsp3) is 0.167. The highest BCUT2D eigenvalue weighted by atomic mass is 16.4. The van der Waals surface area contributed by atoms with Gasteiger partial charge in [-0.05, 0) is 29.7 Å². The van der Waals surface area contributed by atoms with Crippen LogP contribution in [0.5, 0.6) is 0 Å². The van der Waals surface area contributed by atoms with Crippen LogP contribution in [0.2, 0.25) is 0 Å². The Labute approximate surface area is 138 Å². The van der Waals surface area contributed by atoms with Gasteiger partial charge >= 0.3 is 11.7 Å². The van der Waals surface area contributed by atoms with Crippen molar-refractivity contribution in [1.29, 1.82) is 0 Å². The number of aromatic carboxylic acids is 1. The number of aryl methyl sites for hydroxylation is 1. The van der Waals surface area contributed by atoms with E-state index >= 15 is 0 Å². The highest BCUT2D eigenvalue weighted by molar-refractivity contribution is 5.95. The van der Waals surface area contributed by atoms with Gasteiger partial charge in [0.25, 0.3) is 0 Å². The van der Waals surface area contributed by atoms with Crippen molar-refractivity contribution in [3.8, 4) is 11.1 Å². The monoisotopic (exact) mass is 323 g/mol. The molecule has 6 nitrogen and oxygen atoms in total. The van der Waals surface area contributed by atoms with E-state index in [9.17, 15) is 14.7 Å². The topological polar surface area (TPSA) is 88.0 Å². The molecule has 6 heteroatoms. The Morgan fingerprint density at radius 1 is 1.17 bits per heavy atom. The molecule has 0 saturated carbocycles. The molecule has 0 aliphatic carbocycles. The molecular formula is C18H17N3O3. The van der Waals surface area contributed by atoms with Crippen LogP contribution in [-0.4, -0.2) is 25.8 Å². The molecule has 3 aromatic rings. The van der Waals surface area contributed by atoms with E-state index in [1.54, 1.807) is 22.9 Å². The number of carboxylic acid groups (broad SMARTS) is 1. The second kappa shape index (κ2) is 6.54. The molecule has 0 aliphatic heterocycles. The molecule has 24 heavy (non-hydrogen) atoms. The standard InChI is InChI=1S/C18H17N3O3/c1-2-21-16(19-18(24)20-21)11-12-7-9-13(10-8-12)14-5-3-4-6-15(14)17(22)23/h3-10H,2,11H2,1H3,(H,20,24)(H,22,23). The number of hydrogen-bond donors (Lipinski definition) is 2. The quantitative estimate of drug-likeness (QED) is 0.755. The molecule has 0 atom stereocenters. The molecule has 122 valence electrons. The SMILES string of the molecule is CCn1[nH]c(=O)nc1Cc1ccc(-c2ccccc2C(=O)O)cc1. The molecule has 0 amide bonds. The van der Waals surface area contributed by atoms with E-state index in [4.69, 9.17) is 0 Å². The third kappa shape index (κ3) is 3.12. The Bertz CT molecular complexity index is 923. The van der Waals surface area contributed by atoms with Crippen molar-refractivity contribution >= 4 is 5.97 Å². The van der Waals surface area contributed by atoms with Gasteiger partial charge in [-0.3, -0.25) is 4.68 Å². The Hall–Kier alpha value is -3.15. The van der Waals surface area contributed by atoms with E-state index in [1.165, 1.54) is 0 Å². The molecule has 1 aromatic heterocycles. The summed E-state index contributed by atoms with van der Waals surface area (Å²) in [6.45, 7) is 2.59. The summed E-state index contributed by atoms with van der Waals surface area (Å²) < 4.78 is 1.72. The zero-order valence-electron chi connectivity index (χ0n) is 13.2. The summed E-state index contributed by atoms with van der Waals surface area (Å²) in [5.41, 5.74) is 2.45. The van der Waals surface area contributed by atoms with Crippen molar-refractivity contribution in [3.05, 3.63) is 76.0 Å². The number of carbonyl (C=O) groups is 1. The zero-order chi connectivity index (χ0) is 17.1. The number of nitrogens with one attached hydrogen (secondary N) is 1. The van der Waals surface area contributed by atoms with Gasteiger partial charge in [0.05, 0.1) is 5.56 Å². The Morgan fingerprint density at radius 2 is 1.88 bits per heavy atom. The summed E-state index contributed by atoms with van der Waals surface area (Å²) in [7, 11) is 0. The Morgan fingerprint density at radius 3 is 2.54 bits per heavy atom. The lowest BCUT2D eigenvalue weighted by molar-refractivity contribution is 0.0697. The molecule has 0 aliphatic rings. The van der Waals surface area contributed by atoms with Crippen LogP contribution in [0.25, 0.3) is 11.1 Å². The summed E-state index contributed by atoms with van der Waals surface area (Å²) in [5.74, 6) is -0.264. The number of carboxylic acids is 1. The van der Waals surface area contributed by atoms with Gasteiger partial charge in [-0.25, -0.2) is 14.7 Å². The summed E-state index contributed by atoms with van der Waals surface area (Å²) in [6, 6.07) is 14.5. The van der Waals surface area contributed by atoms with Gasteiger partial charge in [-0.15, -0.1) is 0 Å². The van der Waals surface area contributed by atoms with Crippen LogP contribution in [0.15, 0.2) is 53.3 Å². The minimum Gasteiger partial charge on any atom is -0.478 e. The Balaban J connectivity index is 1.89. The van der Waals surface area contributed by atoms with Crippen LogP contribution in [0.3, 0.4) is 0 Å². The number of aromatic amines is 1. The van der Waals surface area contributed by atoms with Crippen molar-refractivity contribution in [2.45, 2.75) is 19.9 Å². The van der Waals surface area contributed by atoms with Crippen LogP contribution in [0, 0.1) is 0 Å². The lowest BCUT2D eigenvalue weighted by Crippen LogP contribution is -2.06. The minimum absolute atomic E-state index is 0.275. The average molecular weight is 323 g/mol. The van der Waals surface area contributed by atoms with Gasteiger partial charge in [0, 0.05) is 13.0 Å². The lowest BCUT2D eigenvalue weighted by Gasteiger charge is -2.08. The predicted octanol–water partition coefficient (Wildman–Crippen LogP) is 2.55. The third-order valence-electron chi connectivity index (χ3n) is 3.87. The van der Waals surface area contributed by atoms with E-state index in [0.29, 0.717) is 24.4 Å². The molecular weight excluding hydrogens is 306 g/mol. The highest BCUT2D eigenvalue weighted by Crippen LogP contribution is 2.24. The van der Waals surface area contributed by atoms with Crippen molar-refractivity contribution in [3.63, 3.8) is 0 Å². The number of nitrogens with zero attached hydrogens (tertiary/aromatic N) is 2. The average Bonchev–Trinajstić information content (AvgIpc) is 2.95. The second-order valence-corrected chi connectivity index (χ2v) is 5.41. The zero-order valence-corrected chi connectivity index (χ0v) is 13.2. The van der Waals surface area contributed by atoms with Crippen LogP contribution in [0.1, 0.15) is 28.7 Å². The van der Waals surface area contributed by atoms with E-state index in [-0.39, 0.29) is 11.3 Å². The summed E-state index contributed by atoms with van der Waals surface area (Å²) in [4.78, 5) is 26.7. The molecule has 0 unspecified atom stereocenters. The van der Waals surface area contributed by atoms with Gasteiger partial charge < -0.3 is 5.11 Å². The lowest BCUT2D eigenvalue weighted by atomic mass is 9.98. The summed E-state index contributed by atoms with van der Waals surface area (Å²) >= 11 is 0. The summed E-state index contributed by atoms with van der Waals surface area (Å²) in [6.07, 6.45) is 0.535. The number of benzene rings is 2. The minimum atomic E-state index is -0.946. The Kier molecular flexibility index (Phi) is 4.29. The van der Waals surface area contributed by atoms with Crippen LogP contribution in [0.4, 0.5) is 0 Å². The molecule has 2 aromatic carbocycles. The van der Waals surface area contributed by atoms with E-state index < -0.39 is 5.97 Å². The van der Waals surface area contributed by atoms with Crippen LogP contribution >= 0.6 is 0 Å². The maximum Gasteiger partial charge on any atom is 0.361 e. The molecule has 3 rings (SSSR count). The largest absolute Gasteiger partial charge is 0.478 e. The predicted molar refractivity (Wildman–Crippen MR) is 90.2 cm³/mol. The molecule has 0 saturated heterocycles. The number of H-pyrrole nitrogens is 1. The van der Waals surface area contributed by atoms with Gasteiger partial charge in [0.2, 0.25) is 0 Å². The number of rotatable bonds is 5. The first-order valence-corrected chi connectivity index (χ1v) is 7.66. The van der Waals surface area contributed by atoms with Gasteiger partial charge in [-0.1, -0.05) is 42.5 Å². The molecule has 0 fully saturated rings. The fourth-order valence-corrected chi connectivity index (χ4v) is 2.69.